The van der Waals surface area contributed by atoms with Crippen LogP contribution in [0.25, 0.3) is 0 Å². The molecule has 0 radical (unpaired) electrons. The summed E-state index contributed by atoms with van der Waals surface area (Å²) < 4.78 is 0. The van der Waals surface area contributed by atoms with E-state index in [2.05, 4.69) is 95.1 Å². The van der Waals surface area contributed by atoms with Crippen LogP contribution in [-0.4, -0.2) is 53.0 Å². The SMILES string of the molecule is C=C/C=C\C=C(/C)CC(C)C1(NC(=O)NC(C(=C)N2C[C@@H]3C[C@@H]3C2C(=O)NC(CC(=C)C(N)=O)CC(C)C)C(C)(C)C)CCCCC1.CC. The Hall–Kier alpha value is -3.29. The molecule has 6 atom stereocenters. The second-order valence-corrected chi connectivity index (χ2v) is 16.1. The minimum Gasteiger partial charge on any atom is -0.366 e. The second kappa shape index (κ2) is 18.6. The van der Waals surface area contributed by atoms with E-state index in [0.717, 1.165) is 50.8 Å². The van der Waals surface area contributed by atoms with Gasteiger partial charge in [0.1, 0.15) is 6.04 Å². The molecule has 2 saturated carbocycles. The number of nitrogens with one attached hydrogen (secondary N) is 3. The van der Waals surface area contributed by atoms with Gasteiger partial charge in [0.15, 0.2) is 0 Å². The number of urea groups is 1. The third-order valence-electron chi connectivity index (χ3n) is 10.5. The topological polar surface area (TPSA) is 117 Å². The highest BCUT2D eigenvalue weighted by atomic mass is 16.2. The number of rotatable bonds is 16. The van der Waals surface area contributed by atoms with Crippen LogP contribution in [0.5, 0.6) is 0 Å². The van der Waals surface area contributed by atoms with Gasteiger partial charge in [-0.05, 0) is 74.5 Å². The smallest absolute Gasteiger partial charge is 0.315 e. The minimum atomic E-state index is -0.542. The molecule has 8 nitrogen and oxygen atoms in total. The van der Waals surface area contributed by atoms with Gasteiger partial charge in [-0.25, -0.2) is 4.79 Å². The van der Waals surface area contributed by atoms with Crippen LogP contribution in [0.4, 0.5) is 4.79 Å². The zero-order valence-corrected chi connectivity index (χ0v) is 32.3. The number of carbonyl (C=O) groups excluding carboxylic acids is 3. The van der Waals surface area contributed by atoms with E-state index in [1.807, 2.05) is 26.0 Å². The quantitative estimate of drug-likeness (QED) is 0.0979. The number of amides is 4. The molecule has 1 saturated heterocycles. The average molecular weight is 680 g/mol. The maximum Gasteiger partial charge on any atom is 0.315 e. The molecule has 1 aliphatic heterocycles. The summed E-state index contributed by atoms with van der Waals surface area (Å²) in [6.45, 7) is 31.7. The maximum atomic E-state index is 13.9. The summed E-state index contributed by atoms with van der Waals surface area (Å²) in [5.74, 6) is 0.676. The zero-order valence-electron chi connectivity index (χ0n) is 32.3. The molecule has 3 rings (SSSR count). The number of primary amides is 1. The molecule has 3 aliphatic rings. The summed E-state index contributed by atoms with van der Waals surface area (Å²) in [5.41, 5.74) is 7.20. The number of hydrogen-bond donors (Lipinski definition) is 4. The molecule has 1 heterocycles. The van der Waals surface area contributed by atoms with E-state index >= 15 is 0 Å². The fourth-order valence-electron chi connectivity index (χ4n) is 7.87. The van der Waals surface area contributed by atoms with Crippen molar-refractivity contribution < 1.29 is 14.4 Å². The molecular weight excluding hydrogens is 610 g/mol. The Morgan fingerprint density at radius 1 is 1.00 bits per heavy atom. The third-order valence-corrected chi connectivity index (χ3v) is 10.5. The molecule has 3 fully saturated rings. The van der Waals surface area contributed by atoms with Crippen LogP contribution in [0.1, 0.15) is 120 Å². The van der Waals surface area contributed by atoms with Crippen molar-refractivity contribution in [1.29, 1.82) is 0 Å². The van der Waals surface area contributed by atoms with Crippen LogP contribution in [-0.2, 0) is 9.59 Å². The fourth-order valence-corrected chi connectivity index (χ4v) is 7.87. The average Bonchev–Trinajstić information content (AvgIpc) is 3.68. The van der Waals surface area contributed by atoms with Gasteiger partial charge in [0.2, 0.25) is 11.8 Å². The molecular formula is C41H69N5O3. The Morgan fingerprint density at radius 3 is 2.18 bits per heavy atom. The number of carbonyl (C=O) groups is 3. The van der Waals surface area contributed by atoms with Gasteiger partial charge in [-0.2, -0.15) is 0 Å². The Balaban J connectivity index is 0.00000409. The van der Waals surface area contributed by atoms with Crippen molar-refractivity contribution in [3.8, 4) is 0 Å². The molecule has 0 aromatic carbocycles. The number of hydrogen-bond acceptors (Lipinski definition) is 4. The first-order valence-electron chi connectivity index (χ1n) is 18.8. The Kier molecular flexibility index (Phi) is 15.9. The lowest BCUT2D eigenvalue weighted by Crippen LogP contribution is -2.61. The van der Waals surface area contributed by atoms with Gasteiger partial charge < -0.3 is 26.6 Å². The first-order valence-corrected chi connectivity index (χ1v) is 18.8. The lowest BCUT2D eigenvalue weighted by atomic mass is 9.71. The van der Waals surface area contributed by atoms with E-state index in [0.29, 0.717) is 30.3 Å². The van der Waals surface area contributed by atoms with Crippen molar-refractivity contribution in [1.82, 2.24) is 20.9 Å². The van der Waals surface area contributed by atoms with Gasteiger partial charge in [-0.1, -0.05) is 124 Å². The molecule has 0 spiro atoms. The minimum absolute atomic E-state index is 0.0578. The number of allylic oxidation sites excluding steroid dienone is 5. The molecule has 276 valence electrons. The number of nitrogens with zero attached hydrogens (tertiary/aromatic N) is 1. The van der Waals surface area contributed by atoms with Gasteiger partial charge in [0.25, 0.3) is 0 Å². The summed E-state index contributed by atoms with van der Waals surface area (Å²) >= 11 is 0. The summed E-state index contributed by atoms with van der Waals surface area (Å²) in [5, 5.41) is 10.0. The van der Waals surface area contributed by atoms with Crippen molar-refractivity contribution in [2.24, 2.45) is 34.8 Å². The zero-order chi connectivity index (χ0) is 37.1. The lowest BCUT2D eigenvalue weighted by Gasteiger charge is -2.45. The number of likely N-dealkylation sites (tertiary alicyclic amines) is 1. The first-order chi connectivity index (χ1) is 23.0. The summed E-state index contributed by atoms with van der Waals surface area (Å²) in [4.78, 5) is 41.7. The summed E-state index contributed by atoms with van der Waals surface area (Å²) in [6, 6.07) is -1.16. The molecule has 0 aromatic rings. The molecule has 0 bridgehead atoms. The van der Waals surface area contributed by atoms with Crippen LogP contribution < -0.4 is 21.7 Å². The van der Waals surface area contributed by atoms with E-state index in [9.17, 15) is 14.4 Å². The normalized spacial score (nSPS) is 23.3. The highest BCUT2D eigenvalue weighted by molar-refractivity contribution is 5.91. The van der Waals surface area contributed by atoms with Crippen LogP contribution in [0, 0.1) is 29.1 Å². The van der Waals surface area contributed by atoms with Gasteiger partial charge >= 0.3 is 6.03 Å². The van der Waals surface area contributed by atoms with Gasteiger partial charge in [0.05, 0.1) is 6.04 Å². The van der Waals surface area contributed by atoms with Gasteiger partial charge in [-0.3, -0.25) is 9.59 Å². The van der Waals surface area contributed by atoms with Crippen molar-refractivity contribution in [2.45, 2.75) is 144 Å². The van der Waals surface area contributed by atoms with Crippen molar-refractivity contribution in [3.63, 3.8) is 0 Å². The predicted octanol–water partition coefficient (Wildman–Crippen LogP) is 7.94. The number of piperidine rings is 1. The molecule has 2 aliphatic carbocycles. The highest BCUT2D eigenvalue weighted by Crippen LogP contribution is 2.51. The fraction of sp³-hybridized carbons (Fsp3) is 0.683. The first kappa shape index (κ1) is 41.9. The lowest BCUT2D eigenvalue weighted by molar-refractivity contribution is -0.126. The summed E-state index contributed by atoms with van der Waals surface area (Å²) in [7, 11) is 0. The standard InChI is InChI=1S/C39H63N5O3.C2H6/c1-11-12-14-17-26(4)21-28(6)39(18-15-13-16-19-39)43-37(47)42-34(38(8,9)10)29(7)44-24-30-23-32(30)33(44)36(46)41-31(20-25(2)3)22-27(5)35(40)45;1-2/h11-12,14,17,25,28,30-34H,1,5,7,13,15-16,18-24H2,2-4,6,8-10H3,(H2,40,45)(H,41,46)(H2,42,43,47);1-2H3/b14-12-,26-17+;/t28?,30-,31?,32-,33?,34?;/m0./s1. The molecule has 8 heteroatoms. The largest absolute Gasteiger partial charge is 0.366 e. The van der Waals surface area contributed by atoms with Crippen LogP contribution >= 0.6 is 0 Å². The van der Waals surface area contributed by atoms with E-state index in [-0.39, 0.29) is 52.9 Å². The van der Waals surface area contributed by atoms with Crippen molar-refractivity contribution in [3.05, 3.63) is 60.9 Å². The molecule has 49 heavy (non-hydrogen) atoms. The summed E-state index contributed by atoms with van der Waals surface area (Å²) in [6.07, 6.45) is 16.1. The Morgan fingerprint density at radius 2 is 1.63 bits per heavy atom. The Bertz CT molecular complexity index is 1240. The molecule has 5 N–H and O–H groups in total. The Labute approximate surface area is 298 Å². The number of fused-ring (bicyclic) bond motifs is 1. The van der Waals surface area contributed by atoms with E-state index < -0.39 is 5.91 Å². The van der Waals surface area contributed by atoms with Crippen molar-refractivity contribution in [2.75, 3.05) is 6.54 Å². The van der Waals surface area contributed by atoms with E-state index in [4.69, 9.17) is 5.73 Å². The molecule has 4 unspecified atom stereocenters. The van der Waals surface area contributed by atoms with E-state index in [1.165, 1.54) is 12.0 Å². The maximum absolute atomic E-state index is 13.9. The van der Waals surface area contributed by atoms with Gasteiger partial charge in [0, 0.05) is 29.4 Å². The van der Waals surface area contributed by atoms with E-state index in [1.54, 1.807) is 6.08 Å². The predicted molar refractivity (Wildman–Crippen MR) is 205 cm³/mol. The molecule has 4 amide bonds. The monoisotopic (exact) mass is 680 g/mol. The van der Waals surface area contributed by atoms with Crippen molar-refractivity contribution >= 4 is 17.8 Å². The molecule has 0 aromatic heterocycles. The van der Waals surface area contributed by atoms with Crippen LogP contribution in [0.3, 0.4) is 0 Å². The number of nitrogens with two attached hydrogens (primary N) is 1. The van der Waals surface area contributed by atoms with Crippen LogP contribution in [0.2, 0.25) is 0 Å². The van der Waals surface area contributed by atoms with Gasteiger partial charge in [-0.15, -0.1) is 0 Å². The third kappa shape index (κ3) is 11.9. The second-order valence-electron chi connectivity index (χ2n) is 16.1. The van der Waals surface area contributed by atoms with Crippen LogP contribution in [0.15, 0.2) is 60.9 Å². The highest BCUT2D eigenvalue weighted by Gasteiger charge is 2.57.